The Kier molecular flexibility index (Phi) is 6.84. The second-order valence-corrected chi connectivity index (χ2v) is 8.14. The lowest BCUT2D eigenvalue weighted by molar-refractivity contribution is -0.144. The molecule has 0 radical (unpaired) electrons. The first-order chi connectivity index (χ1) is 12.4. The molecule has 0 heterocycles. The minimum absolute atomic E-state index is 0.156. The van der Waals surface area contributed by atoms with E-state index < -0.39 is 56.9 Å². The van der Waals surface area contributed by atoms with Crippen molar-refractivity contribution in [3.8, 4) is 0 Å². The largest absolute Gasteiger partial charge is 0.460 e. The van der Waals surface area contributed by atoms with Crippen molar-refractivity contribution in [1.82, 2.24) is 0 Å². The van der Waals surface area contributed by atoms with E-state index in [9.17, 15) is 26.7 Å². The van der Waals surface area contributed by atoms with Gasteiger partial charge >= 0.3 is 5.97 Å². The first kappa shape index (κ1) is 22.0. The van der Waals surface area contributed by atoms with E-state index in [4.69, 9.17) is 46.4 Å². The molecule has 0 saturated carbocycles. The van der Waals surface area contributed by atoms with E-state index in [0.29, 0.717) is 0 Å². The minimum atomic E-state index is -2.36. The number of halogens is 9. The fourth-order valence-electron chi connectivity index (χ4n) is 2.19. The summed E-state index contributed by atoms with van der Waals surface area (Å²) in [6, 6.07) is 4.81. The molecule has 1 atom stereocenters. The lowest BCUT2D eigenvalue weighted by atomic mass is 9.90. The highest BCUT2D eigenvalue weighted by Crippen LogP contribution is 2.35. The molecule has 27 heavy (non-hydrogen) atoms. The van der Waals surface area contributed by atoms with Gasteiger partial charge in [-0.3, -0.25) is 4.79 Å². The zero-order chi connectivity index (χ0) is 20.5. The van der Waals surface area contributed by atoms with Crippen LogP contribution in [0.4, 0.5) is 22.0 Å². The maximum Gasteiger partial charge on any atom is 0.318 e. The summed E-state index contributed by atoms with van der Waals surface area (Å²) < 4.78 is 71.5. The molecule has 2 aromatic rings. The number of ether oxygens (including phenoxy) is 1. The van der Waals surface area contributed by atoms with Crippen molar-refractivity contribution in [1.29, 1.82) is 0 Å². The highest BCUT2D eigenvalue weighted by Gasteiger charge is 2.37. The smallest absolute Gasteiger partial charge is 0.318 e. The van der Waals surface area contributed by atoms with Crippen LogP contribution in [-0.2, 0) is 9.53 Å². The monoisotopic (exact) mass is 466 g/mol. The second kappa shape index (κ2) is 8.39. The Morgan fingerprint density at radius 1 is 0.889 bits per heavy atom. The molecule has 0 N–H and O–H groups in total. The van der Waals surface area contributed by atoms with E-state index in [-0.39, 0.29) is 10.6 Å². The first-order valence-electron chi connectivity index (χ1n) is 6.94. The van der Waals surface area contributed by atoms with Gasteiger partial charge in [0, 0.05) is 10.6 Å². The lowest BCUT2D eigenvalue weighted by Crippen LogP contribution is -2.25. The third-order valence-corrected chi connectivity index (χ3v) is 3.93. The maximum atomic E-state index is 14.2. The Morgan fingerprint density at radius 3 is 1.78 bits per heavy atom. The Morgan fingerprint density at radius 2 is 1.33 bits per heavy atom. The van der Waals surface area contributed by atoms with Crippen molar-refractivity contribution in [2.75, 3.05) is 6.61 Å². The zero-order valence-electron chi connectivity index (χ0n) is 12.8. The number of esters is 1. The van der Waals surface area contributed by atoms with Crippen LogP contribution in [0.25, 0.3) is 0 Å². The zero-order valence-corrected chi connectivity index (χ0v) is 15.8. The molecule has 2 rings (SSSR count). The summed E-state index contributed by atoms with van der Waals surface area (Å²) in [6.07, 6.45) is 0. The van der Waals surface area contributed by atoms with Gasteiger partial charge in [-0.05, 0) is 17.7 Å². The Hall–Kier alpha value is -1.28. The predicted octanol–water partition coefficient (Wildman–Crippen LogP) is 6.08. The summed E-state index contributed by atoms with van der Waals surface area (Å²) in [6.45, 7) is -0.823. The molecule has 2 nitrogen and oxygen atoms in total. The summed E-state index contributed by atoms with van der Waals surface area (Å²) in [4.78, 5) is 12.4. The van der Waals surface area contributed by atoms with Crippen LogP contribution >= 0.6 is 46.4 Å². The molecular formula is C16H7Cl4F5O2. The van der Waals surface area contributed by atoms with Crippen molar-refractivity contribution < 1.29 is 31.5 Å². The lowest BCUT2D eigenvalue weighted by Gasteiger charge is -2.20. The van der Waals surface area contributed by atoms with Gasteiger partial charge in [0.25, 0.3) is 0 Å². The van der Waals surface area contributed by atoms with Crippen LogP contribution in [0.2, 0.25) is 5.02 Å². The fourth-order valence-corrected chi connectivity index (χ4v) is 2.48. The molecule has 0 saturated heterocycles. The molecule has 0 aliphatic rings. The van der Waals surface area contributed by atoms with Crippen LogP contribution in [0.3, 0.4) is 0 Å². The first-order valence-corrected chi connectivity index (χ1v) is 8.45. The van der Waals surface area contributed by atoms with E-state index in [0.717, 1.165) is 12.1 Å². The van der Waals surface area contributed by atoms with Crippen LogP contribution in [0.15, 0.2) is 24.3 Å². The number of carbonyl (C=O) groups excluding carboxylic acids is 1. The molecule has 146 valence electrons. The Balaban J connectivity index is 2.64. The Bertz CT molecular complexity index is 840. The highest BCUT2D eigenvalue weighted by atomic mass is 35.6. The average molecular weight is 468 g/mol. The number of rotatable bonds is 4. The molecule has 0 aromatic heterocycles. The molecule has 0 aliphatic heterocycles. The maximum absolute atomic E-state index is 14.2. The van der Waals surface area contributed by atoms with Crippen LogP contribution in [-0.4, -0.2) is 16.4 Å². The van der Waals surface area contributed by atoms with Gasteiger partial charge in [-0.2, -0.15) is 0 Å². The number of alkyl halides is 3. The molecular weight excluding hydrogens is 461 g/mol. The van der Waals surface area contributed by atoms with E-state index in [1.54, 1.807) is 0 Å². The van der Waals surface area contributed by atoms with E-state index in [1.165, 1.54) is 12.1 Å². The fraction of sp³-hybridized carbons (Fsp3) is 0.188. The summed E-state index contributed by atoms with van der Waals surface area (Å²) in [5, 5.41) is 0.199. The molecule has 0 bridgehead atoms. The van der Waals surface area contributed by atoms with Crippen molar-refractivity contribution in [3.05, 3.63) is 69.5 Å². The van der Waals surface area contributed by atoms with Gasteiger partial charge in [-0.25, -0.2) is 22.0 Å². The van der Waals surface area contributed by atoms with Crippen molar-refractivity contribution in [2.24, 2.45) is 0 Å². The number of benzene rings is 2. The Labute approximate surface area is 169 Å². The van der Waals surface area contributed by atoms with Crippen LogP contribution in [0.1, 0.15) is 17.0 Å². The van der Waals surface area contributed by atoms with Gasteiger partial charge < -0.3 is 4.74 Å². The molecule has 0 aliphatic carbocycles. The molecule has 0 spiro atoms. The molecule has 0 fully saturated rings. The summed E-state index contributed by atoms with van der Waals surface area (Å²) in [5.74, 6) is -14.6. The number of hydrogen-bond donors (Lipinski definition) is 0. The highest BCUT2D eigenvalue weighted by molar-refractivity contribution is 6.67. The minimum Gasteiger partial charge on any atom is -0.460 e. The SMILES string of the molecule is O=C(OCC(Cl)(Cl)Cl)C(c1ccc(Cl)cc1)c1c(F)c(F)c(F)c(F)c1F. The number of carbonyl (C=O) groups is 1. The summed E-state index contributed by atoms with van der Waals surface area (Å²) >= 11 is 22.1. The van der Waals surface area contributed by atoms with Gasteiger partial charge in [0.15, 0.2) is 23.3 Å². The van der Waals surface area contributed by atoms with E-state index in [2.05, 4.69) is 4.74 Å². The van der Waals surface area contributed by atoms with E-state index in [1.807, 2.05) is 0 Å². The quantitative estimate of drug-likeness (QED) is 0.179. The third kappa shape index (κ3) is 4.96. The standard InChI is InChI=1S/C16H7Cl4F5O2/c17-7-3-1-6(2-4-7)8(15(26)27-5-16(18,19)20)9-10(21)12(23)14(25)13(24)11(9)22/h1-4,8H,5H2. The van der Waals surface area contributed by atoms with Crippen molar-refractivity contribution in [2.45, 2.75) is 9.71 Å². The molecule has 1 unspecified atom stereocenters. The second-order valence-electron chi connectivity index (χ2n) is 5.19. The molecule has 11 heteroatoms. The summed E-state index contributed by atoms with van der Waals surface area (Å²) in [7, 11) is 0. The molecule has 2 aromatic carbocycles. The predicted molar refractivity (Wildman–Crippen MR) is 90.8 cm³/mol. The van der Waals surface area contributed by atoms with Gasteiger partial charge in [0.1, 0.15) is 12.5 Å². The van der Waals surface area contributed by atoms with Crippen LogP contribution < -0.4 is 0 Å². The molecule has 0 amide bonds. The third-order valence-electron chi connectivity index (χ3n) is 3.35. The average Bonchev–Trinajstić information content (AvgIpc) is 2.60. The van der Waals surface area contributed by atoms with Gasteiger partial charge in [0.2, 0.25) is 9.61 Å². The van der Waals surface area contributed by atoms with Crippen LogP contribution in [0, 0.1) is 29.1 Å². The van der Waals surface area contributed by atoms with Gasteiger partial charge in [-0.15, -0.1) is 0 Å². The van der Waals surface area contributed by atoms with Gasteiger partial charge in [-0.1, -0.05) is 58.5 Å². The normalized spacial score (nSPS) is 12.8. The van der Waals surface area contributed by atoms with E-state index >= 15 is 0 Å². The van der Waals surface area contributed by atoms with Gasteiger partial charge in [0.05, 0.1) is 0 Å². The van der Waals surface area contributed by atoms with Crippen molar-refractivity contribution in [3.63, 3.8) is 0 Å². The number of hydrogen-bond acceptors (Lipinski definition) is 2. The van der Waals surface area contributed by atoms with Crippen molar-refractivity contribution >= 4 is 52.4 Å². The van der Waals surface area contributed by atoms with Crippen LogP contribution in [0.5, 0.6) is 0 Å². The summed E-state index contributed by atoms with van der Waals surface area (Å²) in [5.41, 5.74) is -1.56. The topological polar surface area (TPSA) is 26.3 Å².